The number of aryl methyl sites for hydroxylation is 1. The molecule has 0 aliphatic carbocycles. The summed E-state index contributed by atoms with van der Waals surface area (Å²) in [7, 11) is -3.59. The number of benzene rings is 1. The highest BCUT2D eigenvalue weighted by atomic mass is 32.2. The summed E-state index contributed by atoms with van der Waals surface area (Å²) in [5.74, 6) is -0.0629. The fourth-order valence-corrected chi connectivity index (χ4v) is 4.93. The van der Waals surface area contributed by atoms with E-state index in [0.29, 0.717) is 32.7 Å². The second-order valence-electron chi connectivity index (χ2n) is 6.47. The van der Waals surface area contributed by atoms with Gasteiger partial charge in [-0.15, -0.1) is 0 Å². The Kier molecular flexibility index (Phi) is 4.83. The summed E-state index contributed by atoms with van der Waals surface area (Å²) in [5.41, 5.74) is 1.70. The Morgan fingerprint density at radius 1 is 0.960 bits per heavy atom. The lowest BCUT2D eigenvalue weighted by Gasteiger charge is -2.34. The zero-order chi connectivity index (χ0) is 18.2. The molecule has 2 aliphatic rings. The summed E-state index contributed by atoms with van der Waals surface area (Å²) in [4.78, 5) is 26.7. The highest BCUT2D eigenvalue weighted by Gasteiger charge is 2.30. The van der Waals surface area contributed by atoms with Crippen molar-refractivity contribution in [3.63, 3.8) is 0 Å². The average molecular weight is 365 g/mol. The molecule has 7 nitrogen and oxygen atoms in total. The summed E-state index contributed by atoms with van der Waals surface area (Å²) in [6.45, 7) is 5.12. The minimum Gasteiger partial charge on any atom is -0.340 e. The smallest absolute Gasteiger partial charge is 0.243 e. The van der Waals surface area contributed by atoms with Gasteiger partial charge in [-0.3, -0.25) is 9.59 Å². The molecule has 1 aromatic rings. The molecule has 2 aliphatic heterocycles. The maximum absolute atomic E-state index is 12.9. The fraction of sp³-hybridized carbons (Fsp3) is 0.529. The van der Waals surface area contributed by atoms with E-state index in [1.165, 1.54) is 18.2 Å². The van der Waals surface area contributed by atoms with Crippen LogP contribution in [0.1, 0.15) is 25.8 Å². The van der Waals surface area contributed by atoms with Gasteiger partial charge in [-0.25, -0.2) is 8.42 Å². The van der Waals surface area contributed by atoms with Crippen LogP contribution in [0.2, 0.25) is 0 Å². The number of hydrogen-bond acceptors (Lipinski definition) is 4. The van der Waals surface area contributed by atoms with E-state index in [2.05, 4.69) is 0 Å². The predicted octanol–water partition coefficient (Wildman–Crippen LogP) is 0.839. The van der Waals surface area contributed by atoms with Gasteiger partial charge in [0.15, 0.2) is 0 Å². The van der Waals surface area contributed by atoms with Gasteiger partial charge in [-0.2, -0.15) is 4.31 Å². The van der Waals surface area contributed by atoms with Crippen LogP contribution in [0.25, 0.3) is 0 Å². The minimum atomic E-state index is -3.59. The van der Waals surface area contributed by atoms with Gasteiger partial charge < -0.3 is 9.80 Å². The normalized spacial score (nSPS) is 18.8. The van der Waals surface area contributed by atoms with E-state index in [9.17, 15) is 18.0 Å². The quantitative estimate of drug-likeness (QED) is 0.778. The van der Waals surface area contributed by atoms with Crippen LogP contribution in [0.3, 0.4) is 0 Å². The van der Waals surface area contributed by atoms with Crippen molar-refractivity contribution in [2.45, 2.75) is 31.6 Å². The molecule has 0 unspecified atom stereocenters. The zero-order valence-electron chi connectivity index (χ0n) is 14.6. The average Bonchev–Trinajstić information content (AvgIpc) is 2.60. The van der Waals surface area contributed by atoms with Gasteiger partial charge in [0.05, 0.1) is 4.90 Å². The number of carbonyl (C=O) groups excluding carboxylic acids is 2. The van der Waals surface area contributed by atoms with Gasteiger partial charge in [-0.05, 0) is 36.6 Å². The highest BCUT2D eigenvalue weighted by Crippen LogP contribution is 2.30. The molecule has 0 aromatic heterocycles. The molecule has 2 amide bonds. The molecule has 0 radical (unpaired) electrons. The van der Waals surface area contributed by atoms with Crippen LogP contribution < -0.4 is 4.90 Å². The van der Waals surface area contributed by atoms with Crippen LogP contribution in [0, 0.1) is 0 Å². The monoisotopic (exact) mass is 365 g/mol. The highest BCUT2D eigenvalue weighted by molar-refractivity contribution is 7.89. The number of sulfonamides is 1. The first-order valence-corrected chi connectivity index (χ1v) is 9.91. The van der Waals surface area contributed by atoms with Crippen molar-refractivity contribution < 1.29 is 18.0 Å². The first-order valence-electron chi connectivity index (χ1n) is 8.47. The Hall–Kier alpha value is -1.93. The Labute approximate surface area is 148 Å². The topological polar surface area (TPSA) is 78.0 Å². The molecule has 0 spiro atoms. The van der Waals surface area contributed by atoms with E-state index in [-0.39, 0.29) is 16.7 Å². The molecule has 0 atom stereocenters. The molecule has 0 saturated carbocycles. The van der Waals surface area contributed by atoms with Gasteiger partial charge in [0.2, 0.25) is 21.8 Å². The van der Waals surface area contributed by atoms with Crippen molar-refractivity contribution in [1.29, 1.82) is 0 Å². The van der Waals surface area contributed by atoms with Crippen LogP contribution >= 0.6 is 0 Å². The zero-order valence-corrected chi connectivity index (χ0v) is 15.4. The number of piperazine rings is 1. The number of rotatable bonds is 2. The van der Waals surface area contributed by atoms with Crippen LogP contribution in [0.4, 0.5) is 5.69 Å². The minimum absolute atomic E-state index is 0.0306. The van der Waals surface area contributed by atoms with Gasteiger partial charge in [-0.1, -0.05) is 0 Å². The summed E-state index contributed by atoms with van der Waals surface area (Å²) in [6, 6.07) is 5.00. The molecular weight excluding hydrogens is 342 g/mol. The van der Waals surface area contributed by atoms with Gasteiger partial charge in [0.1, 0.15) is 0 Å². The molecule has 25 heavy (non-hydrogen) atoms. The Bertz CT molecular complexity index is 798. The van der Waals surface area contributed by atoms with Crippen molar-refractivity contribution in [1.82, 2.24) is 9.21 Å². The van der Waals surface area contributed by atoms with Gasteiger partial charge >= 0.3 is 0 Å². The van der Waals surface area contributed by atoms with E-state index in [4.69, 9.17) is 0 Å². The fourth-order valence-electron chi connectivity index (χ4n) is 3.45. The summed E-state index contributed by atoms with van der Waals surface area (Å²) < 4.78 is 27.2. The molecule has 1 saturated heterocycles. The number of nitrogens with zero attached hydrogens (tertiary/aromatic N) is 3. The van der Waals surface area contributed by atoms with Gasteiger partial charge in [0, 0.05) is 52.3 Å². The molecule has 2 heterocycles. The standard InChI is InChI=1S/C17H23N3O4S/c1-13(21)18-8-10-19(11-9-18)25(23,24)16-5-6-17-15(12-16)4-3-7-20(17)14(2)22/h5-6,12H,3-4,7-11H2,1-2H3. The maximum Gasteiger partial charge on any atom is 0.243 e. The third-order valence-corrected chi connectivity index (χ3v) is 6.77. The van der Waals surface area contributed by atoms with Crippen molar-refractivity contribution in [3.8, 4) is 0 Å². The molecule has 3 rings (SSSR count). The van der Waals surface area contributed by atoms with Crippen molar-refractivity contribution in [2.24, 2.45) is 0 Å². The van der Waals surface area contributed by atoms with Crippen molar-refractivity contribution in [3.05, 3.63) is 23.8 Å². The summed E-state index contributed by atoms with van der Waals surface area (Å²) >= 11 is 0. The molecule has 8 heteroatoms. The predicted molar refractivity (Wildman–Crippen MR) is 93.8 cm³/mol. The van der Waals surface area contributed by atoms with E-state index < -0.39 is 10.0 Å². The van der Waals surface area contributed by atoms with Crippen LogP contribution in [-0.4, -0.2) is 62.2 Å². The second kappa shape index (κ2) is 6.76. The number of amides is 2. The van der Waals surface area contributed by atoms with Crippen molar-refractivity contribution in [2.75, 3.05) is 37.6 Å². The third kappa shape index (κ3) is 3.41. The lowest BCUT2D eigenvalue weighted by molar-refractivity contribution is -0.130. The molecule has 1 fully saturated rings. The van der Waals surface area contributed by atoms with Crippen LogP contribution in [0.15, 0.2) is 23.1 Å². The number of fused-ring (bicyclic) bond motifs is 1. The van der Waals surface area contributed by atoms with E-state index in [0.717, 1.165) is 24.1 Å². The summed E-state index contributed by atoms with van der Waals surface area (Å²) in [6.07, 6.45) is 1.59. The van der Waals surface area contributed by atoms with Crippen molar-refractivity contribution >= 4 is 27.5 Å². The van der Waals surface area contributed by atoms with E-state index >= 15 is 0 Å². The largest absolute Gasteiger partial charge is 0.340 e. The maximum atomic E-state index is 12.9. The first kappa shape index (κ1) is 17.9. The Balaban J connectivity index is 1.84. The number of hydrogen-bond donors (Lipinski definition) is 0. The van der Waals surface area contributed by atoms with E-state index in [1.54, 1.807) is 28.0 Å². The Morgan fingerprint density at radius 3 is 2.24 bits per heavy atom. The SMILES string of the molecule is CC(=O)N1CCN(S(=O)(=O)c2ccc3c(c2)CCCN3C(C)=O)CC1. The Morgan fingerprint density at radius 2 is 1.64 bits per heavy atom. The lowest BCUT2D eigenvalue weighted by Crippen LogP contribution is -2.49. The molecule has 1 aromatic carbocycles. The van der Waals surface area contributed by atoms with Crippen LogP contribution in [-0.2, 0) is 26.0 Å². The molecule has 136 valence electrons. The van der Waals surface area contributed by atoms with E-state index in [1.807, 2.05) is 0 Å². The van der Waals surface area contributed by atoms with Crippen LogP contribution in [0.5, 0.6) is 0 Å². The molecule has 0 N–H and O–H groups in total. The second-order valence-corrected chi connectivity index (χ2v) is 8.41. The number of anilines is 1. The third-order valence-electron chi connectivity index (χ3n) is 4.87. The lowest BCUT2D eigenvalue weighted by atomic mass is 10.0. The van der Waals surface area contributed by atoms with Gasteiger partial charge in [0.25, 0.3) is 0 Å². The molecular formula is C17H23N3O4S. The first-order chi connectivity index (χ1) is 11.8. The number of carbonyl (C=O) groups is 2. The molecule has 0 bridgehead atoms. The summed E-state index contributed by atoms with van der Waals surface area (Å²) in [5, 5.41) is 0.